The van der Waals surface area contributed by atoms with Gasteiger partial charge in [-0.05, 0) is 75.3 Å². The van der Waals surface area contributed by atoms with Gasteiger partial charge >= 0.3 is 6.09 Å². The van der Waals surface area contributed by atoms with Crippen LogP contribution in [0.2, 0.25) is 18.1 Å². The zero-order valence-corrected chi connectivity index (χ0v) is 20.8. The van der Waals surface area contributed by atoms with Crippen LogP contribution in [-0.2, 0) is 4.74 Å². The number of hydrogen-bond donors (Lipinski definition) is 0. The van der Waals surface area contributed by atoms with E-state index in [9.17, 15) is 13.6 Å². The highest BCUT2D eigenvalue weighted by atomic mass is 28.4. The van der Waals surface area contributed by atoms with E-state index < -0.39 is 31.9 Å². The van der Waals surface area contributed by atoms with E-state index in [-0.39, 0.29) is 16.3 Å². The first kappa shape index (κ1) is 23.9. The number of hydrogen-bond acceptors (Lipinski definition) is 4. The van der Waals surface area contributed by atoms with Gasteiger partial charge in [-0.15, -0.1) is 0 Å². The first-order chi connectivity index (χ1) is 14.6. The highest BCUT2D eigenvalue weighted by Gasteiger charge is 2.39. The summed E-state index contributed by atoms with van der Waals surface area (Å²) in [5.41, 5.74) is 0.000220. The Morgan fingerprint density at radius 2 is 1.66 bits per heavy atom. The molecule has 0 atom stereocenters. The summed E-state index contributed by atoms with van der Waals surface area (Å²) in [5.74, 6) is -1.26. The fourth-order valence-electron chi connectivity index (χ4n) is 3.01. The van der Waals surface area contributed by atoms with Gasteiger partial charge < -0.3 is 9.16 Å². The van der Waals surface area contributed by atoms with Crippen molar-refractivity contribution < 1.29 is 22.7 Å². The zero-order valence-electron chi connectivity index (χ0n) is 19.8. The van der Waals surface area contributed by atoms with Crippen LogP contribution in [0.4, 0.5) is 13.6 Å². The molecule has 0 saturated heterocycles. The summed E-state index contributed by atoms with van der Waals surface area (Å²) in [5, 5.41) is 0.684. The topological polar surface area (TPSA) is 53.4 Å². The molecule has 0 aliphatic rings. The Morgan fingerprint density at radius 3 is 2.22 bits per heavy atom. The number of ether oxygens (including phenoxy) is 1. The second kappa shape index (κ2) is 7.99. The van der Waals surface area contributed by atoms with Crippen LogP contribution >= 0.6 is 0 Å². The fraction of sp³-hybridized carbons (Fsp3) is 0.417. The summed E-state index contributed by atoms with van der Waals surface area (Å²) < 4.78 is 41.2. The fourth-order valence-corrected chi connectivity index (χ4v) is 4.03. The lowest BCUT2D eigenvalue weighted by Crippen LogP contribution is -2.43. The molecule has 0 amide bonds. The second-order valence-electron chi connectivity index (χ2n) is 10.4. The van der Waals surface area contributed by atoms with E-state index >= 15 is 0 Å². The molecule has 2 aromatic heterocycles. The summed E-state index contributed by atoms with van der Waals surface area (Å²) >= 11 is 0. The third-order valence-electron chi connectivity index (χ3n) is 5.62. The summed E-state index contributed by atoms with van der Waals surface area (Å²) in [6.07, 6.45) is -0.663. The van der Waals surface area contributed by atoms with E-state index in [0.717, 1.165) is 6.07 Å². The Labute approximate surface area is 188 Å². The summed E-state index contributed by atoms with van der Waals surface area (Å²) in [6, 6.07) is 9.36. The van der Waals surface area contributed by atoms with Gasteiger partial charge in [-0.25, -0.2) is 9.36 Å². The first-order valence-electron chi connectivity index (χ1n) is 10.5. The molecule has 2 heterocycles. The smallest absolute Gasteiger partial charge is 0.419 e. The van der Waals surface area contributed by atoms with Crippen molar-refractivity contribution in [3.8, 4) is 17.0 Å². The molecule has 5 nitrogen and oxygen atoms in total. The summed E-state index contributed by atoms with van der Waals surface area (Å²) in [4.78, 5) is 16.3. The SMILES string of the molecule is CC(C)(C)OC(=O)n1c(-c2ccc(F)nc2F)cc2cc(O[Si](C)(C)C(C)(C)C)ccc21. The maximum atomic E-state index is 14.5. The number of nitrogens with zero attached hydrogens (tertiary/aromatic N) is 2. The van der Waals surface area contributed by atoms with Crippen LogP contribution in [-0.4, -0.2) is 29.6 Å². The Hall–Kier alpha value is -2.74. The van der Waals surface area contributed by atoms with Crippen molar-refractivity contribution >= 4 is 25.3 Å². The van der Waals surface area contributed by atoms with Crippen LogP contribution in [0.15, 0.2) is 36.4 Å². The lowest BCUT2D eigenvalue weighted by molar-refractivity contribution is 0.0547. The van der Waals surface area contributed by atoms with Crippen molar-refractivity contribution in [1.29, 1.82) is 0 Å². The number of carbonyl (C=O) groups is 1. The van der Waals surface area contributed by atoms with Crippen LogP contribution in [0.1, 0.15) is 41.5 Å². The second-order valence-corrected chi connectivity index (χ2v) is 15.1. The third kappa shape index (κ3) is 4.85. The molecule has 3 rings (SSSR count). The molecule has 0 aliphatic carbocycles. The van der Waals surface area contributed by atoms with Gasteiger partial charge in [0.2, 0.25) is 20.2 Å². The van der Waals surface area contributed by atoms with Crippen molar-refractivity contribution in [2.75, 3.05) is 0 Å². The lowest BCUT2D eigenvalue weighted by atomic mass is 10.2. The number of aromatic nitrogens is 2. The van der Waals surface area contributed by atoms with Gasteiger partial charge in [0.25, 0.3) is 0 Å². The van der Waals surface area contributed by atoms with Gasteiger partial charge in [0.1, 0.15) is 11.4 Å². The number of fused-ring (bicyclic) bond motifs is 1. The molecule has 0 N–H and O–H groups in total. The molecular formula is C24H30F2N2O3Si. The Kier molecular flexibility index (Phi) is 5.97. The van der Waals surface area contributed by atoms with Crippen LogP contribution in [0.5, 0.6) is 5.75 Å². The highest BCUT2D eigenvalue weighted by molar-refractivity contribution is 6.74. The minimum atomic E-state index is -2.08. The predicted octanol–water partition coefficient (Wildman–Crippen LogP) is 7.15. The van der Waals surface area contributed by atoms with E-state index in [1.54, 1.807) is 39.0 Å². The molecule has 0 bridgehead atoms. The maximum absolute atomic E-state index is 14.5. The third-order valence-corrected chi connectivity index (χ3v) is 9.98. The number of carbonyl (C=O) groups excluding carboxylic acids is 1. The monoisotopic (exact) mass is 460 g/mol. The normalized spacial score (nSPS) is 12.8. The van der Waals surface area contributed by atoms with Gasteiger partial charge in [-0.1, -0.05) is 20.8 Å². The predicted molar refractivity (Wildman–Crippen MR) is 125 cm³/mol. The van der Waals surface area contributed by atoms with Crippen LogP contribution in [0.25, 0.3) is 22.2 Å². The first-order valence-corrected chi connectivity index (χ1v) is 13.4. The molecule has 0 unspecified atom stereocenters. The quantitative estimate of drug-likeness (QED) is 0.308. The average Bonchev–Trinajstić information content (AvgIpc) is 2.97. The average molecular weight is 461 g/mol. The van der Waals surface area contributed by atoms with Gasteiger partial charge in [0, 0.05) is 5.39 Å². The summed E-state index contributed by atoms with van der Waals surface area (Å²) in [6.45, 7) is 16.0. The molecule has 0 radical (unpaired) electrons. The van der Waals surface area contributed by atoms with Crippen molar-refractivity contribution in [3.63, 3.8) is 0 Å². The molecule has 0 aliphatic heterocycles. The molecule has 8 heteroatoms. The van der Waals surface area contributed by atoms with E-state index in [4.69, 9.17) is 9.16 Å². The maximum Gasteiger partial charge on any atom is 0.419 e. The van der Waals surface area contributed by atoms with E-state index in [1.165, 1.54) is 10.6 Å². The minimum absolute atomic E-state index is 0.000300. The number of pyridine rings is 1. The van der Waals surface area contributed by atoms with Gasteiger partial charge in [0.15, 0.2) is 0 Å². The van der Waals surface area contributed by atoms with Crippen molar-refractivity contribution in [3.05, 3.63) is 48.3 Å². The highest BCUT2D eigenvalue weighted by Crippen LogP contribution is 2.39. The van der Waals surface area contributed by atoms with Crippen LogP contribution in [0.3, 0.4) is 0 Å². The number of rotatable bonds is 3. The Bertz CT molecular complexity index is 1170. The number of benzene rings is 1. The molecule has 3 aromatic rings. The molecule has 0 saturated carbocycles. The molecule has 32 heavy (non-hydrogen) atoms. The van der Waals surface area contributed by atoms with E-state index in [0.29, 0.717) is 16.7 Å². The molecule has 172 valence electrons. The van der Waals surface area contributed by atoms with Gasteiger partial charge in [-0.2, -0.15) is 13.8 Å². The van der Waals surface area contributed by atoms with Crippen LogP contribution < -0.4 is 4.43 Å². The molecule has 1 aromatic carbocycles. The van der Waals surface area contributed by atoms with E-state index in [2.05, 4.69) is 38.8 Å². The largest absolute Gasteiger partial charge is 0.543 e. The van der Waals surface area contributed by atoms with Crippen molar-refractivity contribution in [2.45, 2.75) is 65.3 Å². The number of halogens is 2. The lowest BCUT2D eigenvalue weighted by Gasteiger charge is -2.36. The van der Waals surface area contributed by atoms with E-state index in [1.807, 2.05) is 6.07 Å². The Morgan fingerprint density at radius 1 is 1.00 bits per heavy atom. The minimum Gasteiger partial charge on any atom is -0.543 e. The zero-order chi connectivity index (χ0) is 24.1. The Balaban J connectivity index is 2.18. The standard InChI is InChI=1S/C24H30F2N2O3Si/c1-23(2,3)30-22(29)28-18-11-9-16(31-32(7,8)24(4,5)6)13-15(18)14-19(28)17-10-12-20(25)27-21(17)26/h9-14H,1-8H3. The van der Waals surface area contributed by atoms with Gasteiger partial charge in [0.05, 0.1) is 16.8 Å². The summed E-state index contributed by atoms with van der Waals surface area (Å²) in [7, 11) is -2.08. The van der Waals surface area contributed by atoms with Crippen molar-refractivity contribution in [1.82, 2.24) is 9.55 Å². The molecular weight excluding hydrogens is 430 g/mol. The van der Waals surface area contributed by atoms with Crippen LogP contribution in [0, 0.1) is 11.9 Å². The molecule has 0 spiro atoms. The van der Waals surface area contributed by atoms with Gasteiger partial charge in [-0.3, -0.25) is 0 Å². The molecule has 0 fully saturated rings. The van der Waals surface area contributed by atoms with Crippen molar-refractivity contribution in [2.24, 2.45) is 0 Å².